The predicted molar refractivity (Wildman–Crippen MR) is 16.6 cm³/mol. The van der Waals surface area contributed by atoms with E-state index < -0.39 is 0 Å². The molecule has 0 amide bonds. The van der Waals surface area contributed by atoms with Crippen molar-refractivity contribution >= 4 is 12.4 Å². The first kappa shape index (κ1) is 9.35. The van der Waals surface area contributed by atoms with Crippen molar-refractivity contribution in [1.29, 1.82) is 5.53 Å². The third-order valence-electron chi connectivity index (χ3n) is 0. The van der Waals surface area contributed by atoms with Gasteiger partial charge in [0, 0.05) is 0 Å². The minimum Gasteiger partial charge on any atom is -0.305 e. The van der Waals surface area contributed by atoms with Gasteiger partial charge in [-0.05, 0) is 0 Å². The average Bonchev–Trinajstić information content (AvgIpc) is 0.918. The zero-order chi connectivity index (χ0) is 2.71. The SMILES string of the molecule is Cl.N=NN. The molecule has 0 saturated heterocycles. The van der Waals surface area contributed by atoms with Crippen molar-refractivity contribution in [3.8, 4) is 0 Å². The molecule has 0 fully saturated rings. The molecule has 0 saturated carbocycles. The van der Waals surface area contributed by atoms with Crippen molar-refractivity contribution in [2.75, 3.05) is 0 Å². The van der Waals surface area contributed by atoms with Gasteiger partial charge >= 0.3 is 0 Å². The van der Waals surface area contributed by atoms with Crippen LogP contribution in [0, 0.1) is 5.53 Å². The molecule has 0 aromatic rings. The van der Waals surface area contributed by atoms with Crippen molar-refractivity contribution in [2.45, 2.75) is 0 Å². The van der Waals surface area contributed by atoms with Gasteiger partial charge in [-0.3, -0.25) is 0 Å². The second-order valence-electron chi connectivity index (χ2n) is 0.129. The zero-order valence-electron chi connectivity index (χ0n) is 1.93. The van der Waals surface area contributed by atoms with Gasteiger partial charge in [0.25, 0.3) is 0 Å². The van der Waals surface area contributed by atoms with Crippen molar-refractivity contribution in [2.24, 2.45) is 11.1 Å². The topological polar surface area (TPSA) is 62.2 Å². The maximum absolute atomic E-state index is 5.61. The number of halogens is 1. The molecule has 0 radical (unpaired) electrons. The quantitative estimate of drug-likeness (QED) is 0.246. The first-order valence-corrected chi connectivity index (χ1v) is 0.482. The molecule has 4 heavy (non-hydrogen) atoms. The molecule has 0 spiro atoms. The summed E-state index contributed by atoms with van der Waals surface area (Å²) in [6.45, 7) is 0. The highest BCUT2D eigenvalue weighted by atomic mass is 35.5. The van der Waals surface area contributed by atoms with Gasteiger partial charge in [-0.2, -0.15) is 5.53 Å². The maximum Gasteiger partial charge on any atom is -0.0856 e. The number of rotatable bonds is 0. The lowest BCUT2D eigenvalue weighted by atomic mass is 12.8. The third kappa shape index (κ3) is 8.37. The molecule has 0 aliphatic carbocycles. The summed E-state index contributed by atoms with van der Waals surface area (Å²) >= 11 is 0. The summed E-state index contributed by atoms with van der Waals surface area (Å²) in [7, 11) is 0. The van der Waals surface area contributed by atoms with Crippen LogP contribution < -0.4 is 5.84 Å². The van der Waals surface area contributed by atoms with E-state index in [-0.39, 0.29) is 12.4 Å². The number of hydrogen-bond donors (Lipinski definition) is 2. The van der Waals surface area contributed by atoms with Gasteiger partial charge in [0.1, 0.15) is 0 Å². The molecule has 0 aliphatic rings. The summed E-state index contributed by atoms with van der Waals surface area (Å²) < 4.78 is 0. The van der Waals surface area contributed by atoms with Crippen molar-refractivity contribution < 1.29 is 0 Å². The van der Waals surface area contributed by atoms with Crippen molar-refractivity contribution in [1.82, 2.24) is 0 Å². The Hall–Kier alpha value is -0.310. The highest BCUT2D eigenvalue weighted by molar-refractivity contribution is 5.85. The second-order valence-corrected chi connectivity index (χ2v) is 0.129. The number of hydrogen-bond acceptors (Lipinski definition) is 2. The Bertz CT molecular complexity index is 10.8. The van der Waals surface area contributed by atoms with E-state index in [0.717, 1.165) is 0 Å². The van der Waals surface area contributed by atoms with Gasteiger partial charge in [0.2, 0.25) is 0 Å². The van der Waals surface area contributed by atoms with Gasteiger partial charge in [0.05, 0.1) is 0 Å². The molecule has 26 valence electrons. The lowest BCUT2D eigenvalue weighted by Gasteiger charge is -1.40. The van der Waals surface area contributed by atoms with Crippen LogP contribution in [0.4, 0.5) is 0 Å². The largest absolute Gasteiger partial charge is 0.305 e. The lowest BCUT2D eigenvalue weighted by Crippen LogP contribution is -1.66. The Morgan fingerprint density at radius 3 is 1.75 bits per heavy atom. The molecule has 0 unspecified atom stereocenters. The molecular formula is H4ClN3. The van der Waals surface area contributed by atoms with Crippen LogP contribution in [0.15, 0.2) is 5.22 Å². The smallest absolute Gasteiger partial charge is 0.0856 e. The minimum absolute atomic E-state index is 0. The normalized spacial score (nSPS) is 3.00. The van der Waals surface area contributed by atoms with E-state index in [9.17, 15) is 0 Å². The van der Waals surface area contributed by atoms with Crippen LogP contribution in [0.25, 0.3) is 0 Å². The fourth-order valence-electron chi connectivity index (χ4n) is 0. The van der Waals surface area contributed by atoms with E-state index in [4.69, 9.17) is 5.53 Å². The number of nitrogens with one attached hydrogen (secondary N) is 1. The molecule has 3 N–H and O–H groups in total. The summed E-state index contributed by atoms with van der Waals surface area (Å²) in [5, 5.41) is 2.25. The van der Waals surface area contributed by atoms with Gasteiger partial charge in [-0.25, -0.2) is 0 Å². The summed E-state index contributed by atoms with van der Waals surface area (Å²) in [6.07, 6.45) is 0. The number of nitrogens with zero attached hydrogens (tertiary/aromatic N) is 1. The summed E-state index contributed by atoms with van der Waals surface area (Å²) in [6, 6.07) is 0. The highest BCUT2D eigenvalue weighted by Crippen LogP contribution is 1.13. The van der Waals surface area contributed by atoms with Crippen LogP contribution >= 0.6 is 12.4 Å². The van der Waals surface area contributed by atoms with Crippen LogP contribution in [-0.2, 0) is 0 Å². The van der Waals surface area contributed by atoms with Crippen LogP contribution in [0.1, 0.15) is 0 Å². The van der Waals surface area contributed by atoms with Gasteiger partial charge in [0.15, 0.2) is 0 Å². The number of nitrogens with two attached hydrogens (primary N) is 1. The molecule has 0 aliphatic heterocycles. The van der Waals surface area contributed by atoms with Crippen LogP contribution in [-0.4, -0.2) is 0 Å². The molecule has 0 bridgehead atoms. The summed E-state index contributed by atoms with van der Waals surface area (Å²) in [4.78, 5) is 0. The molecule has 0 heterocycles. The average molecular weight is 81.5 g/mol. The monoisotopic (exact) mass is 81.0 g/mol. The first-order chi connectivity index (χ1) is 1.41. The van der Waals surface area contributed by atoms with Crippen molar-refractivity contribution in [3.05, 3.63) is 0 Å². The van der Waals surface area contributed by atoms with Gasteiger partial charge in [-0.1, -0.05) is 5.22 Å². The second kappa shape index (κ2) is 16.1. The lowest BCUT2D eigenvalue weighted by molar-refractivity contribution is 0.991. The van der Waals surface area contributed by atoms with E-state index in [2.05, 4.69) is 11.1 Å². The van der Waals surface area contributed by atoms with E-state index in [1.54, 1.807) is 0 Å². The Kier molecular flexibility index (Phi) is 37.7. The molecule has 3 nitrogen and oxygen atoms in total. The highest BCUT2D eigenvalue weighted by Gasteiger charge is 1.05. The fourth-order valence-corrected chi connectivity index (χ4v) is 0. The first-order valence-electron chi connectivity index (χ1n) is 0.482. The Balaban J connectivity index is 0. The molecule has 0 aromatic carbocycles. The Labute approximate surface area is 30.1 Å². The third-order valence-corrected chi connectivity index (χ3v) is 0. The predicted octanol–water partition coefficient (Wildman–Crippen LogP) is 0.313. The summed E-state index contributed by atoms with van der Waals surface area (Å²) in [5.41, 5.74) is 5.61. The van der Waals surface area contributed by atoms with Crippen LogP contribution in [0.5, 0.6) is 0 Å². The molecule has 4 heteroatoms. The molecular weight excluding hydrogens is 77.5 g/mol. The molecule has 0 atom stereocenters. The van der Waals surface area contributed by atoms with E-state index in [1.807, 2.05) is 0 Å². The van der Waals surface area contributed by atoms with E-state index in [0.29, 0.717) is 0 Å². The van der Waals surface area contributed by atoms with Crippen LogP contribution in [0.2, 0.25) is 0 Å². The standard InChI is InChI=1S/ClH.H3N3/c;1-3-2/h1H;(H3,1,2). The van der Waals surface area contributed by atoms with Crippen LogP contribution in [0.3, 0.4) is 0 Å². The van der Waals surface area contributed by atoms with Gasteiger partial charge in [-0.15, -0.1) is 12.4 Å². The van der Waals surface area contributed by atoms with E-state index in [1.165, 1.54) is 0 Å². The summed E-state index contributed by atoms with van der Waals surface area (Å²) in [5.74, 6) is 4.14. The minimum atomic E-state index is 0. The Morgan fingerprint density at radius 1 is 1.75 bits per heavy atom. The fraction of sp³-hybridized carbons (Fsp3) is 0. The maximum atomic E-state index is 5.61. The van der Waals surface area contributed by atoms with Crippen molar-refractivity contribution in [3.63, 3.8) is 0 Å². The zero-order valence-corrected chi connectivity index (χ0v) is 2.75. The molecule has 0 aromatic heterocycles. The van der Waals surface area contributed by atoms with E-state index >= 15 is 0 Å². The molecule has 0 rings (SSSR count). The Morgan fingerprint density at radius 2 is 1.75 bits per heavy atom. The van der Waals surface area contributed by atoms with Gasteiger partial charge < -0.3 is 5.84 Å².